The molecule has 0 saturated heterocycles. The van der Waals surface area contributed by atoms with Crippen LogP contribution in [0, 0.1) is 5.92 Å². The molecule has 110 valence electrons. The average Bonchev–Trinajstić information content (AvgIpc) is 3.22. The molecular weight excluding hydrogens is 246 g/mol. The summed E-state index contributed by atoms with van der Waals surface area (Å²) in [5, 5.41) is 3.46. The average molecular weight is 273 g/mol. The summed E-state index contributed by atoms with van der Waals surface area (Å²) in [5.41, 5.74) is 1.29. The van der Waals surface area contributed by atoms with E-state index in [1.54, 1.807) is 0 Å². The summed E-state index contributed by atoms with van der Waals surface area (Å²) in [6, 6.07) is 2.18. The van der Waals surface area contributed by atoms with Gasteiger partial charge in [0, 0.05) is 30.1 Å². The van der Waals surface area contributed by atoms with E-state index in [2.05, 4.69) is 25.2 Å². The van der Waals surface area contributed by atoms with Gasteiger partial charge in [-0.25, -0.2) is 9.97 Å². The third-order valence-electron chi connectivity index (χ3n) is 4.80. The van der Waals surface area contributed by atoms with Crippen LogP contribution in [0.15, 0.2) is 6.07 Å². The van der Waals surface area contributed by atoms with E-state index in [0.717, 1.165) is 30.5 Å². The second-order valence-corrected chi connectivity index (χ2v) is 6.52. The van der Waals surface area contributed by atoms with Crippen LogP contribution in [-0.2, 0) is 0 Å². The largest absolute Gasteiger partial charge is 0.370 e. The van der Waals surface area contributed by atoms with E-state index in [1.807, 2.05) is 0 Å². The summed E-state index contributed by atoms with van der Waals surface area (Å²) in [4.78, 5) is 9.71. The van der Waals surface area contributed by atoms with Crippen LogP contribution in [0.5, 0.6) is 0 Å². The molecule has 2 saturated carbocycles. The Morgan fingerprint density at radius 1 is 1.10 bits per heavy atom. The van der Waals surface area contributed by atoms with Crippen LogP contribution in [0.4, 0.5) is 5.82 Å². The molecule has 2 aliphatic carbocycles. The standard InChI is InChI=1S/C17H27N3/c1-3-9-18-16-11-15(13-7-8-13)19-17(20-16)14-6-5-12(4-2)10-14/h11-14H,3-10H2,1-2H3,(H,18,19,20). The maximum absolute atomic E-state index is 4.90. The highest BCUT2D eigenvalue weighted by atomic mass is 15.0. The summed E-state index contributed by atoms with van der Waals surface area (Å²) in [5.74, 6) is 4.37. The first-order valence-electron chi connectivity index (χ1n) is 8.42. The maximum atomic E-state index is 4.90. The summed E-state index contributed by atoms with van der Waals surface area (Å²) < 4.78 is 0. The second kappa shape index (κ2) is 6.11. The van der Waals surface area contributed by atoms with Gasteiger partial charge in [0.25, 0.3) is 0 Å². The molecule has 0 bridgehead atoms. The van der Waals surface area contributed by atoms with Crippen molar-refractivity contribution in [3.8, 4) is 0 Å². The molecule has 1 heterocycles. The highest BCUT2D eigenvalue weighted by molar-refractivity contribution is 5.38. The van der Waals surface area contributed by atoms with Gasteiger partial charge in [-0.1, -0.05) is 20.3 Å². The Kier molecular flexibility index (Phi) is 4.23. The Morgan fingerprint density at radius 2 is 1.90 bits per heavy atom. The highest BCUT2D eigenvalue weighted by Crippen LogP contribution is 2.42. The third-order valence-corrected chi connectivity index (χ3v) is 4.80. The van der Waals surface area contributed by atoms with Crippen molar-refractivity contribution in [2.75, 3.05) is 11.9 Å². The Balaban J connectivity index is 1.79. The molecule has 20 heavy (non-hydrogen) atoms. The first kappa shape index (κ1) is 13.8. The van der Waals surface area contributed by atoms with Gasteiger partial charge in [0.05, 0.1) is 0 Å². The molecule has 0 aliphatic heterocycles. The number of hydrogen-bond acceptors (Lipinski definition) is 3. The minimum Gasteiger partial charge on any atom is -0.370 e. The first-order valence-corrected chi connectivity index (χ1v) is 8.42. The smallest absolute Gasteiger partial charge is 0.134 e. The van der Waals surface area contributed by atoms with E-state index >= 15 is 0 Å². The van der Waals surface area contributed by atoms with E-state index in [9.17, 15) is 0 Å². The lowest BCUT2D eigenvalue weighted by Crippen LogP contribution is -2.09. The van der Waals surface area contributed by atoms with Crippen LogP contribution in [0.25, 0.3) is 0 Å². The number of nitrogens with zero attached hydrogens (tertiary/aromatic N) is 2. The van der Waals surface area contributed by atoms with Crippen molar-refractivity contribution in [3.05, 3.63) is 17.6 Å². The summed E-state index contributed by atoms with van der Waals surface area (Å²) >= 11 is 0. The molecule has 3 rings (SSSR count). The Hall–Kier alpha value is -1.12. The van der Waals surface area contributed by atoms with Crippen molar-refractivity contribution in [2.45, 2.75) is 70.6 Å². The maximum Gasteiger partial charge on any atom is 0.134 e. The zero-order chi connectivity index (χ0) is 13.9. The zero-order valence-electron chi connectivity index (χ0n) is 12.9. The summed E-state index contributed by atoms with van der Waals surface area (Å²) in [7, 11) is 0. The van der Waals surface area contributed by atoms with Crippen molar-refractivity contribution < 1.29 is 0 Å². The van der Waals surface area contributed by atoms with Gasteiger partial charge in [-0.15, -0.1) is 0 Å². The van der Waals surface area contributed by atoms with Crippen molar-refractivity contribution >= 4 is 5.82 Å². The molecule has 0 radical (unpaired) electrons. The number of anilines is 1. The van der Waals surface area contributed by atoms with Gasteiger partial charge >= 0.3 is 0 Å². The predicted molar refractivity (Wildman–Crippen MR) is 83.2 cm³/mol. The number of hydrogen-bond donors (Lipinski definition) is 1. The van der Waals surface area contributed by atoms with Gasteiger partial charge < -0.3 is 5.32 Å². The van der Waals surface area contributed by atoms with Crippen molar-refractivity contribution in [1.82, 2.24) is 9.97 Å². The molecule has 3 heteroatoms. The molecule has 2 unspecified atom stereocenters. The zero-order valence-corrected chi connectivity index (χ0v) is 12.9. The van der Waals surface area contributed by atoms with Gasteiger partial charge in [0.15, 0.2) is 0 Å². The van der Waals surface area contributed by atoms with Crippen molar-refractivity contribution in [1.29, 1.82) is 0 Å². The van der Waals surface area contributed by atoms with Crippen molar-refractivity contribution in [2.24, 2.45) is 5.92 Å². The molecular formula is C17H27N3. The van der Waals surface area contributed by atoms with E-state index in [0.29, 0.717) is 11.8 Å². The van der Waals surface area contributed by atoms with E-state index < -0.39 is 0 Å². The molecule has 1 aromatic heterocycles. The van der Waals surface area contributed by atoms with Crippen LogP contribution >= 0.6 is 0 Å². The van der Waals surface area contributed by atoms with Crippen LogP contribution in [0.3, 0.4) is 0 Å². The van der Waals surface area contributed by atoms with E-state index in [4.69, 9.17) is 9.97 Å². The molecule has 2 fully saturated rings. The van der Waals surface area contributed by atoms with Gasteiger partial charge in [-0.05, 0) is 44.4 Å². The third kappa shape index (κ3) is 3.13. The Labute approximate surface area is 122 Å². The van der Waals surface area contributed by atoms with Crippen LogP contribution in [0.2, 0.25) is 0 Å². The minimum atomic E-state index is 0.598. The lowest BCUT2D eigenvalue weighted by molar-refractivity contribution is 0.516. The molecule has 2 atom stereocenters. The summed E-state index contributed by atoms with van der Waals surface area (Å²) in [6.07, 6.45) is 8.99. The Bertz CT molecular complexity index is 454. The molecule has 1 aromatic rings. The minimum absolute atomic E-state index is 0.598. The lowest BCUT2D eigenvalue weighted by atomic mass is 10.0. The number of rotatable bonds is 6. The number of nitrogens with one attached hydrogen (secondary N) is 1. The lowest BCUT2D eigenvalue weighted by Gasteiger charge is -2.13. The predicted octanol–water partition coefficient (Wildman–Crippen LogP) is 4.47. The van der Waals surface area contributed by atoms with Crippen LogP contribution < -0.4 is 5.32 Å². The first-order chi connectivity index (χ1) is 9.80. The second-order valence-electron chi connectivity index (χ2n) is 6.52. The van der Waals surface area contributed by atoms with Crippen LogP contribution in [0.1, 0.15) is 82.1 Å². The Morgan fingerprint density at radius 3 is 2.55 bits per heavy atom. The van der Waals surface area contributed by atoms with Crippen LogP contribution in [-0.4, -0.2) is 16.5 Å². The van der Waals surface area contributed by atoms with Gasteiger partial charge in [0.2, 0.25) is 0 Å². The molecule has 3 nitrogen and oxygen atoms in total. The van der Waals surface area contributed by atoms with Crippen molar-refractivity contribution in [3.63, 3.8) is 0 Å². The molecule has 1 N–H and O–H groups in total. The van der Waals surface area contributed by atoms with Gasteiger partial charge in [0.1, 0.15) is 11.6 Å². The molecule has 0 spiro atoms. The monoisotopic (exact) mass is 273 g/mol. The van der Waals surface area contributed by atoms with Gasteiger partial charge in [-0.3, -0.25) is 0 Å². The highest BCUT2D eigenvalue weighted by Gasteiger charge is 2.30. The summed E-state index contributed by atoms with van der Waals surface area (Å²) in [6.45, 7) is 5.51. The number of aromatic nitrogens is 2. The molecule has 2 aliphatic rings. The van der Waals surface area contributed by atoms with E-state index in [1.165, 1.54) is 44.2 Å². The van der Waals surface area contributed by atoms with E-state index in [-0.39, 0.29) is 0 Å². The molecule has 0 amide bonds. The van der Waals surface area contributed by atoms with Gasteiger partial charge in [-0.2, -0.15) is 0 Å². The normalized spacial score (nSPS) is 25.9. The SMILES string of the molecule is CCCNc1cc(C2CC2)nc(C2CCC(CC)C2)n1. The molecule has 0 aromatic carbocycles. The quantitative estimate of drug-likeness (QED) is 0.831. The fourth-order valence-corrected chi connectivity index (χ4v) is 3.28. The fraction of sp³-hybridized carbons (Fsp3) is 0.765. The fourth-order valence-electron chi connectivity index (χ4n) is 3.28. The topological polar surface area (TPSA) is 37.8 Å².